The van der Waals surface area contributed by atoms with Gasteiger partial charge in [0.05, 0.1) is 13.1 Å². The Morgan fingerprint density at radius 1 is 1.34 bits per heavy atom. The molecule has 154 valence electrons. The molecule has 3 amide bonds. The van der Waals surface area contributed by atoms with Crippen LogP contribution in [0.15, 0.2) is 36.9 Å². The second kappa shape index (κ2) is 7.42. The Kier molecular flexibility index (Phi) is 4.94. The average Bonchev–Trinajstić information content (AvgIpc) is 3.07. The van der Waals surface area contributed by atoms with Gasteiger partial charge in [-0.3, -0.25) is 9.69 Å². The molecule has 1 N–H and O–H groups in total. The maximum Gasteiger partial charge on any atom is 0.414 e. The molecule has 3 fully saturated rings. The van der Waals surface area contributed by atoms with Gasteiger partial charge in [-0.2, -0.15) is 0 Å². The number of fused-ring (bicyclic) bond motifs is 1. The van der Waals surface area contributed by atoms with Crippen LogP contribution in [0.25, 0.3) is 0 Å². The number of carbonyl (C=O) groups is 3. The number of amides is 3. The summed E-state index contributed by atoms with van der Waals surface area (Å²) in [6, 6.07) is 7.89. The number of hydrogen-bond acceptors (Lipinski definition) is 5. The van der Waals surface area contributed by atoms with E-state index < -0.39 is 6.09 Å². The van der Waals surface area contributed by atoms with Crippen molar-refractivity contribution in [3.63, 3.8) is 0 Å². The fourth-order valence-corrected chi connectivity index (χ4v) is 4.36. The number of cyclic esters (lactones) is 1. The molecule has 0 bridgehead atoms. The van der Waals surface area contributed by atoms with E-state index in [0.717, 1.165) is 12.1 Å². The highest BCUT2D eigenvalue weighted by molar-refractivity contribution is 5.89. The zero-order valence-corrected chi connectivity index (χ0v) is 16.4. The number of hydrogen-bond donors (Lipinski definition) is 1. The number of nitrogens with one attached hydrogen (secondary N) is 1. The smallest absolute Gasteiger partial charge is 0.414 e. The second-order valence-electron chi connectivity index (χ2n) is 7.90. The normalized spacial score (nSPS) is 27.3. The van der Waals surface area contributed by atoms with Crippen molar-refractivity contribution in [2.24, 2.45) is 5.92 Å². The molecule has 0 aromatic heterocycles. The SMILES string of the molecule is C=CCOC(=O)N1CC2CC2(c2ccc(N3C[C@H](CNC(C)=O)OC3=O)cc2)C1. The lowest BCUT2D eigenvalue weighted by atomic mass is 9.95. The highest BCUT2D eigenvalue weighted by Gasteiger charge is 2.61. The molecule has 0 radical (unpaired) electrons. The van der Waals surface area contributed by atoms with Crippen molar-refractivity contribution in [3.8, 4) is 0 Å². The van der Waals surface area contributed by atoms with E-state index >= 15 is 0 Å². The van der Waals surface area contributed by atoms with Gasteiger partial charge < -0.3 is 19.7 Å². The van der Waals surface area contributed by atoms with Gasteiger partial charge >= 0.3 is 12.2 Å². The standard InChI is InChI=1S/C21H25N3O5/c1-3-8-28-19(26)23-11-16-9-21(16,13-23)15-4-6-17(7-5-15)24-12-18(29-20(24)27)10-22-14(2)25/h3-7,16,18H,1,8-13H2,2H3,(H,22,25)/t16?,18-,21?/m0/s1. The Labute approximate surface area is 169 Å². The molecule has 1 saturated carbocycles. The second-order valence-corrected chi connectivity index (χ2v) is 7.90. The molecule has 3 aliphatic rings. The molecule has 29 heavy (non-hydrogen) atoms. The van der Waals surface area contributed by atoms with Gasteiger partial charge in [0.25, 0.3) is 0 Å². The Hall–Kier alpha value is -3.03. The number of benzene rings is 1. The molecule has 8 nitrogen and oxygen atoms in total. The van der Waals surface area contributed by atoms with E-state index in [1.807, 2.05) is 24.3 Å². The summed E-state index contributed by atoms with van der Waals surface area (Å²) in [5.74, 6) is 0.296. The minimum Gasteiger partial charge on any atom is -0.445 e. The summed E-state index contributed by atoms with van der Waals surface area (Å²) in [4.78, 5) is 38.7. The first-order chi connectivity index (χ1) is 13.9. The van der Waals surface area contributed by atoms with Crippen molar-refractivity contribution in [1.82, 2.24) is 10.2 Å². The van der Waals surface area contributed by atoms with Gasteiger partial charge in [-0.15, -0.1) is 0 Å². The minimum atomic E-state index is -0.410. The number of likely N-dealkylation sites (tertiary alicyclic amines) is 1. The Morgan fingerprint density at radius 2 is 2.10 bits per heavy atom. The minimum absolute atomic E-state index is 0.00874. The van der Waals surface area contributed by atoms with Gasteiger partial charge in [0.2, 0.25) is 5.91 Å². The van der Waals surface area contributed by atoms with Crippen LogP contribution < -0.4 is 10.2 Å². The molecule has 8 heteroatoms. The highest BCUT2D eigenvalue weighted by Crippen LogP contribution is 2.59. The van der Waals surface area contributed by atoms with Crippen molar-refractivity contribution < 1.29 is 23.9 Å². The summed E-state index contributed by atoms with van der Waals surface area (Å²) in [5, 5.41) is 2.67. The molecule has 2 aliphatic heterocycles. The quantitative estimate of drug-likeness (QED) is 0.740. The molecule has 1 aromatic rings. The largest absolute Gasteiger partial charge is 0.445 e. The van der Waals surface area contributed by atoms with Crippen LogP contribution in [-0.2, 0) is 19.7 Å². The fourth-order valence-electron chi connectivity index (χ4n) is 4.36. The third-order valence-electron chi connectivity index (χ3n) is 5.94. The maximum absolute atomic E-state index is 12.2. The van der Waals surface area contributed by atoms with Crippen molar-refractivity contribution >= 4 is 23.8 Å². The van der Waals surface area contributed by atoms with E-state index in [2.05, 4.69) is 11.9 Å². The highest BCUT2D eigenvalue weighted by atomic mass is 16.6. The summed E-state index contributed by atoms with van der Waals surface area (Å²) in [5.41, 5.74) is 1.93. The Morgan fingerprint density at radius 3 is 2.79 bits per heavy atom. The van der Waals surface area contributed by atoms with Crippen LogP contribution in [0.5, 0.6) is 0 Å². The van der Waals surface area contributed by atoms with Gasteiger partial charge in [0.1, 0.15) is 12.7 Å². The zero-order valence-electron chi connectivity index (χ0n) is 16.4. The zero-order chi connectivity index (χ0) is 20.6. The van der Waals surface area contributed by atoms with Crippen LogP contribution in [-0.4, -0.2) is 61.9 Å². The lowest BCUT2D eigenvalue weighted by Crippen LogP contribution is -2.33. The van der Waals surface area contributed by atoms with Crippen LogP contribution in [0.1, 0.15) is 18.9 Å². The van der Waals surface area contributed by atoms with E-state index in [4.69, 9.17) is 9.47 Å². The van der Waals surface area contributed by atoms with E-state index in [0.29, 0.717) is 32.1 Å². The predicted octanol–water partition coefficient (Wildman–Crippen LogP) is 2.04. The van der Waals surface area contributed by atoms with Crippen LogP contribution in [0.3, 0.4) is 0 Å². The summed E-state index contributed by atoms with van der Waals surface area (Å²) in [7, 11) is 0. The first kappa shape index (κ1) is 19.3. The molecule has 0 spiro atoms. The van der Waals surface area contributed by atoms with Crippen molar-refractivity contribution in [3.05, 3.63) is 42.5 Å². The molecule has 3 atom stereocenters. The number of nitrogens with zero attached hydrogens (tertiary/aromatic N) is 2. The Balaban J connectivity index is 1.39. The van der Waals surface area contributed by atoms with Crippen LogP contribution in [0.2, 0.25) is 0 Å². The van der Waals surface area contributed by atoms with Crippen LogP contribution in [0, 0.1) is 5.92 Å². The number of carbonyl (C=O) groups excluding carboxylic acids is 3. The first-order valence-electron chi connectivity index (χ1n) is 9.78. The average molecular weight is 399 g/mol. The van der Waals surface area contributed by atoms with Crippen molar-refractivity contribution in [2.75, 3.05) is 37.7 Å². The fraction of sp³-hybridized carbons (Fsp3) is 0.476. The first-order valence-corrected chi connectivity index (χ1v) is 9.78. The topological polar surface area (TPSA) is 88.2 Å². The Bertz CT molecular complexity index is 839. The number of ether oxygens (including phenoxy) is 2. The lowest BCUT2D eigenvalue weighted by Gasteiger charge is -2.21. The third kappa shape index (κ3) is 3.66. The predicted molar refractivity (Wildman–Crippen MR) is 106 cm³/mol. The lowest BCUT2D eigenvalue weighted by molar-refractivity contribution is -0.119. The monoisotopic (exact) mass is 399 g/mol. The summed E-state index contributed by atoms with van der Waals surface area (Å²) < 4.78 is 10.5. The van der Waals surface area contributed by atoms with Crippen molar-refractivity contribution in [2.45, 2.75) is 24.9 Å². The van der Waals surface area contributed by atoms with Crippen LogP contribution in [0.4, 0.5) is 15.3 Å². The van der Waals surface area contributed by atoms with E-state index in [1.165, 1.54) is 12.5 Å². The van der Waals surface area contributed by atoms with Gasteiger partial charge in [-0.05, 0) is 30.0 Å². The molecule has 2 heterocycles. The summed E-state index contributed by atoms with van der Waals surface area (Å²) >= 11 is 0. The van der Waals surface area contributed by atoms with Gasteiger partial charge in [0, 0.05) is 31.1 Å². The summed E-state index contributed by atoms with van der Waals surface area (Å²) in [6.45, 7) is 7.27. The third-order valence-corrected chi connectivity index (χ3v) is 5.94. The molecule has 2 unspecified atom stereocenters. The van der Waals surface area contributed by atoms with Crippen molar-refractivity contribution in [1.29, 1.82) is 0 Å². The summed E-state index contributed by atoms with van der Waals surface area (Å²) in [6.07, 6.45) is 1.56. The maximum atomic E-state index is 12.2. The number of piperidine rings is 1. The van der Waals surface area contributed by atoms with E-state index in [9.17, 15) is 14.4 Å². The molecular weight excluding hydrogens is 374 g/mol. The van der Waals surface area contributed by atoms with E-state index in [1.54, 1.807) is 15.9 Å². The number of rotatable bonds is 6. The van der Waals surface area contributed by atoms with Gasteiger partial charge in [0.15, 0.2) is 0 Å². The molecular formula is C21H25N3O5. The molecule has 1 aromatic carbocycles. The van der Waals surface area contributed by atoms with Gasteiger partial charge in [-0.25, -0.2) is 9.59 Å². The number of anilines is 1. The van der Waals surface area contributed by atoms with E-state index in [-0.39, 0.29) is 30.1 Å². The molecule has 4 rings (SSSR count). The van der Waals surface area contributed by atoms with Gasteiger partial charge in [-0.1, -0.05) is 24.8 Å². The molecule has 2 saturated heterocycles. The van der Waals surface area contributed by atoms with Crippen LogP contribution >= 0.6 is 0 Å². The molecule has 1 aliphatic carbocycles.